The number of aromatic nitrogens is 1. The molecule has 0 fully saturated rings. The van der Waals surface area contributed by atoms with Crippen molar-refractivity contribution in [3.63, 3.8) is 0 Å². The average molecular weight is 285 g/mol. The Morgan fingerprint density at radius 3 is 2.53 bits per heavy atom. The number of hydrogen-bond donors (Lipinski definition) is 1. The minimum atomic E-state index is -1.04. The van der Waals surface area contributed by atoms with Gasteiger partial charge in [0.1, 0.15) is 11.7 Å². The predicted octanol–water partition coefficient (Wildman–Crippen LogP) is 2.41. The molecule has 0 saturated heterocycles. The highest BCUT2D eigenvalue weighted by Crippen LogP contribution is 2.18. The van der Waals surface area contributed by atoms with Gasteiger partial charge in [-0.15, -0.1) is 0 Å². The summed E-state index contributed by atoms with van der Waals surface area (Å²) >= 11 is 5.89. The van der Waals surface area contributed by atoms with Gasteiger partial charge in [0.25, 0.3) is 5.91 Å². The van der Waals surface area contributed by atoms with Crippen LogP contribution in [0.1, 0.15) is 42.7 Å². The van der Waals surface area contributed by atoms with Gasteiger partial charge in [-0.3, -0.25) is 9.59 Å². The molecule has 0 saturated carbocycles. The molecule has 0 radical (unpaired) electrons. The van der Waals surface area contributed by atoms with E-state index in [1.807, 2.05) is 13.8 Å². The Bertz CT molecular complexity index is 489. The average Bonchev–Trinajstić information content (AvgIpc) is 2.34. The van der Waals surface area contributed by atoms with Crippen LogP contribution >= 0.6 is 11.6 Å². The first-order valence-corrected chi connectivity index (χ1v) is 6.41. The molecular weight excluding hydrogens is 268 g/mol. The smallest absolute Gasteiger partial charge is 0.323 e. The molecule has 0 aliphatic heterocycles. The number of rotatable bonds is 5. The lowest BCUT2D eigenvalue weighted by Gasteiger charge is -2.19. The van der Waals surface area contributed by atoms with Gasteiger partial charge in [0, 0.05) is 17.8 Å². The Morgan fingerprint density at radius 2 is 2.05 bits per heavy atom. The van der Waals surface area contributed by atoms with Crippen LogP contribution in [-0.2, 0) is 4.79 Å². The van der Waals surface area contributed by atoms with E-state index in [2.05, 4.69) is 4.98 Å². The molecule has 0 aliphatic carbocycles. The molecule has 104 valence electrons. The number of nitrogens with zero attached hydrogens (tertiary/aromatic N) is 2. The molecule has 0 atom stereocenters. The van der Waals surface area contributed by atoms with Gasteiger partial charge in [0.15, 0.2) is 0 Å². The lowest BCUT2D eigenvalue weighted by Crippen LogP contribution is -2.35. The van der Waals surface area contributed by atoms with Gasteiger partial charge in [-0.25, -0.2) is 4.98 Å². The van der Waals surface area contributed by atoms with Crippen LogP contribution in [0.4, 0.5) is 0 Å². The molecule has 0 unspecified atom stereocenters. The van der Waals surface area contributed by atoms with Gasteiger partial charge >= 0.3 is 5.97 Å². The number of likely N-dealkylation sites (N-methyl/N-ethyl adjacent to an activating group) is 1. The first-order chi connectivity index (χ1) is 8.85. The second-order valence-electron chi connectivity index (χ2n) is 4.47. The van der Waals surface area contributed by atoms with Crippen LogP contribution in [0, 0.1) is 0 Å². The van der Waals surface area contributed by atoms with E-state index in [-0.39, 0.29) is 23.5 Å². The fourth-order valence-electron chi connectivity index (χ4n) is 1.61. The number of carbonyl (C=O) groups excluding carboxylic acids is 1. The number of amides is 1. The van der Waals surface area contributed by atoms with E-state index in [0.29, 0.717) is 17.8 Å². The van der Waals surface area contributed by atoms with Crippen molar-refractivity contribution in [1.29, 1.82) is 0 Å². The lowest BCUT2D eigenvalue weighted by atomic mass is 10.1. The van der Waals surface area contributed by atoms with Gasteiger partial charge in [0.2, 0.25) is 0 Å². The first-order valence-electron chi connectivity index (χ1n) is 6.03. The fourth-order valence-corrected chi connectivity index (χ4v) is 1.82. The van der Waals surface area contributed by atoms with Crippen LogP contribution in [0.2, 0.25) is 5.15 Å². The summed E-state index contributed by atoms with van der Waals surface area (Å²) in [7, 11) is 0. The summed E-state index contributed by atoms with van der Waals surface area (Å²) in [6.07, 6.45) is 0. The monoisotopic (exact) mass is 284 g/mol. The quantitative estimate of drug-likeness (QED) is 0.843. The van der Waals surface area contributed by atoms with E-state index >= 15 is 0 Å². The van der Waals surface area contributed by atoms with Crippen molar-refractivity contribution < 1.29 is 14.7 Å². The molecule has 0 aliphatic rings. The summed E-state index contributed by atoms with van der Waals surface area (Å²) in [5, 5.41) is 9.01. The van der Waals surface area contributed by atoms with Crippen molar-refractivity contribution in [3.8, 4) is 0 Å². The molecule has 6 heteroatoms. The molecule has 5 nitrogen and oxygen atoms in total. The molecule has 1 heterocycles. The molecule has 0 bridgehead atoms. The molecule has 19 heavy (non-hydrogen) atoms. The summed E-state index contributed by atoms with van der Waals surface area (Å²) in [4.78, 5) is 28.3. The summed E-state index contributed by atoms with van der Waals surface area (Å²) in [6.45, 7) is 5.62. The molecule has 1 rings (SSSR count). The summed E-state index contributed by atoms with van der Waals surface area (Å²) < 4.78 is 0. The number of carboxylic acid groups (broad SMARTS) is 1. The predicted molar refractivity (Wildman–Crippen MR) is 72.5 cm³/mol. The minimum absolute atomic E-state index is 0.139. The molecule has 0 spiro atoms. The Hall–Kier alpha value is -1.62. The van der Waals surface area contributed by atoms with E-state index in [4.69, 9.17) is 16.7 Å². The van der Waals surface area contributed by atoms with E-state index in [1.54, 1.807) is 13.0 Å². The molecular formula is C13H17ClN2O3. The van der Waals surface area contributed by atoms with E-state index < -0.39 is 5.97 Å². The van der Waals surface area contributed by atoms with Crippen LogP contribution in [0.15, 0.2) is 12.1 Å². The highest BCUT2D eigenvalue weighted by atomic mass is 35.5. The molecule has 1 N–H and O–H groups in total. The van der Waals surface area contributed by atoms with Crippen LogP contribution in [0.5, 0.6) is 0 Å². The van der Waals surface area contributed by atoms with Gasteiger partial charge in [-0.2, -0.15) is 0 Å². The third-order valence-electron chi connectivity index (χ3n) is 2.65. The van der Waals surface area contributed by atoms with Crippen molar-refractivity contribution in [2.24, 2.45) is 0 Å². The van der Waals surface area contributed by atoms with E-state index in [0.717, 1.165) is 0 Å². The Balaban J connectivity index is 3.07. The number of carbonyl (C=O) groups is 2. The highest BCUT2D eigenvalue weighted by Gasteiger charge is 2.18. The Kier molecular flexibility index (Phi) is 5.30. The highest BCUT2D eigenvalue weighted by molar-refractivity contribution is 6.29. The maximum absolute atomic E-state index is 12.2. The molecule has 1 aromatic heterocycles. The third kappa shape index (κ3) is 4.21. The molecule has 0 aromatic carbocycles. The molecule has 1 amide bonds. The zero-order chi connectivity index (χ0) is 14.6. The first kappa shape index (κ1) is 15.4. The largest absolute Gasteiger partial charge is 0.480 e. The second kappa shape index (κ2) is 6.52. The third-order valence-corrected chi connectivity index (χ3v) is 2.84. The van der Waals surface area contributed by atoms with Crippen molar-refractivity contribution in [1.82, 2.24) is 9.88 Å². The maximum Gasteiger partial charge on any atom is 0.323 e. The minimum Gasteiger partial charge on any atom is -0.480 e. The van der Waals surface area contributed by atoms with Crippen LogP contribution in [0.25, 0.3) is 0 Å². The number of aliphatic carboxylic acids is 1. The fraction of sp³-hybridized carbons (Fsp3) is 0.462. The summed E-state index contributed by atoms with van der Waals surface area (Å²) in [5.41, 5.74) is 1.08. The number of hydrogen-bond acceptors (Lipinski definition) is 3. The van der Waals surface area contributed by atoms with E-state index in [1.165, 1.54) is 11.0 Å². The second-order valence-corrected chi connectivity index (χ2v) is 4.86. The van der Waals surface area contributed by atoms with E-state index in [9.17, 15) is 9.59 Å². The summed E-state index contributed by atoms with van der Waals surface area (Å²) in [6, 6.07) is 3.11. The maximum atomic E-state index is 12.2. The zero-order valence-electron chi connectivity index (χ0n) is 11.2. The number of pyridine rings is 1. The Labute approximate surface area is 117 Å². The van der Waals surface area contributed by atoms with Crippen LogP contribution in [-0.4, -0.2) is 40.0 Å². The van der Waals surface area contributed by atoms with Crippen LogP contribution in [0.3, 0.4) is 0 Å². The zero-order valence-corrected chi connectivity index (χ0v) is 11.9. The van der Waals surface area contributed by atoms with Crippen molar-refractivity contribution in [3.05, 3.63) is 28.5 Å². The van der Waals surface area contributed by atoms with Crippen molar-refractivity contribution in [2.45, 2.75) is 26.7 Å². The van der Waals surface area contributed by atoms with Crippen molar-refractivity contribution in [2.75, 3.05) is 13.1 Å². The standard InChI is InChI=1S/C13H17ClN2O3/c1-4-16(7-12(17)18)13(19)9-5-10(8(2)3)15-11(14)6-9/h5-6,8H,4,7H2,1-3H3,(H,17,18). The van der Waals surface area contributed by atoms with Gasteiger partial charge in [0.05, 0.1) is 0 Å². The van der Waals surface area contributed by atoms with Crippen molar-refractivity contribution >= 4 is 23.5 Å². The number of halogens is 1. The van der Waals surface area contributed by atoms with Crippen LogP contribution < -0.4 is 0 Å². The normalized spacial score (nSPS) is 10.6. The number of carboxylic acids is 1. The Morgan fingerprint density at radius 1 is 1.42 bits per heavy atom. The lowest BCUT2D eigenvalue weighted by molar-refractivity contribution is -0.137. The SMILES string of the molecule is CCN(CC(=O)O)C(=O)c1cc(Cl)nc(C(C)C)c1. The van der Waals surface area contributed by atoms with Gasteiger partial charge < -0.3 is 10.0 Å². The summed E-state index contributed by atoms with van der Waals surface area (Å²) in [5.74, 6) is -1.25. The topological polar surface area (TPSA) is 70.5 Å². The van der Waals surface area contributed by atoms with Gasteiger partial charge in [-0.05, 0) is 25.0 Å². The van der Waals surface area contributed by atoms with Gasteiger partial charge in [-0.1, -0.05) is 25.4 Å². The molecule has 1 aromatic rings.